The van der Waals surface area contributed by atoms with Crippen LogP contribution in [-0.2, 0) is 23.9 Å². The molecule has 2 rings (SSSR count). The number of halogens is 1. The SMILES string of the molecule is CCOC(=O)CBr.CCOC(=O)COc1cccc(C=O)c1.O=Cc1cccc(OCC(=O)O)c1. The van der Waals surface area contributed by atoms with Crippen molar-refractivity contribution in [1.82, 2.24) is 0 Å². The van der Waals surface area contributed by atoms with E-state index in [-0.39, 0.29) is 12.6 Å². The summed E-state index contributed by atoms with van der Waals surface area (Å²) in [5, 5.41) is 8.60. The Morgan fingerprint density at radius 1 is 0.800 bits per heavy atom. The highest BCUT2D eigenvalue weighted by molar-refractivity contribution is 9.09. The maximum Gasteiger partial charge on any atom is 0.344 e. The molecule has 0 unspecified atom stereocenters. The van der Waals surface area contributed by atoms with Crippen molar-refractivity contribution in [2.45, 2.75) is 13.8 Å². The lowest BCUT2D eigenvalue weighted by Crippen LogP contribution is -2.14. The van der Waals surface area contributed by atoms with Crippen molar-refractivity contribution in [3.63, 3.8) is 0 Å². The standard InChI is InChI=1S/C11H12O4.C9H8O4.C4H7BrO2/c1-2-14-11(13)8-15-10-5-3-4-9(6-10)7-12;10-5-7-2-1-3-8(4-7)13-6-9(11)12;1-2-7-4(6)3-5/h3-7H,2,8H2,1H3;1-5H,6H2,(H,11,12);2-3H2,1H3. The molecule has 2 aromatic rings. The van der Waals surface area contributed by atoms with Crippen LogP contribution in [0.3, 0.4) is 0 Å². The van der Waals surface area contributed by atoms with Crippen molar-refractivity contribution in [3.8, 4) is 11.5 Å². The number of carboxylic acids is 1. The van der Waals surface area contributed by atoms with Crippen molar-refractivity contribution in [2.75, 3.05) is 31.8 Å². The minimum atomic E-state index is -1.04. The van der Waals surface area contributed by atoms with Gasteiger partial charge in [-0.05, 0) is 38.1 Å². The van der Waals surface area contributed by atoms with Crippen molar-refractivity contribution < 1.29 is 48.0 Å². The third kappa shape index (κ3) is 16.5. The van der Waals surface area contributed by atoms with Gasteiger partial charge < -0.3 is 24.1 Å². The fraction of sp³-hybridized carbons (Fsp3) is 0.292. The van der Waals surface area contributed by atoms with E-state index in [4.69, 9.17) is 14.6 Å². The third-order valence-electron chi connectivity index (χ3n) is 3.43. The molecule has 0 aliphatic heterocycles. The molecule has 11 heteroatoms. The Morgan fingerprint density at radius 2 is 1.26 bits per heavy atom. The van der Waals surface area contributed by atoms with E-state index in [9.17, 15) is 24.0 Å². The molecule has 0 radical (unpaired) electrons. The summed E-state index contributed by atoms with van der Waals surface area (Å²) in [4.78, 5) is 52.0. The van der Waals surface area contributed by atoms with Crippen LogP contribution in [0, 0.1) is 0 Å². The van der Waals surface area contributed by atoms with E-state index in [0.29, 0.717) is 47.5 Å². The van der Waals surface area contributed by atoms with Gasteiger partial charge in [-0.15, -0.1) is 0 Å². The number of esters is 2. The average molecular weight is 555 g/mol. The van der Waals surface area contributed by atoms with Crippen LogP contribution in [0.1, 0.15) is 34.6 Å². The summed E-state index contributed by atoms with van der Waals surface area (Å²) in [6.45, 7) is 3.75. The normalized spacial score (nSPS) is 9.11. The molecule has 0 bridgehead atoms. The fourth-order valence-electron chi connectivity index (χ4n) is 2.04. The van der Waals surface area contributed by atoms with Crippen LogP contribution in [0.25, 0.3) is 0 Å². The van der Waals surface area contributed by atoms with Gasteiger partial charge in [0.2, 0.25) is 0 Å². The first-order valence-corrected chi connectivity index (χ1v) is 11.4. The van der Waals surface area contributed by atoms with E-state index in [1.54, 1.807) is 56.3 Å². The van der Waals surface area contributed by atoms with Gasteiger partial charge in [-0.1, -0.05) is 40.2 Å². The van der Waals surface area contributed by atoms with E-state index in [1.807, 2.05) is 0 Å². The quantitative estimate of drug-likeness (QED) is 0.249. The van der Waals surface area contributed by atoms with Gasteiger partial charge in [-0.2, -0.15) is 0 Å². The lowest BCUT2D eigenvalue weighted by Gasteiger charge is -2.05. The van der Waals surface area contributed by atoms with Crippen molar-refractivity contribution in [2.24, 2.45) is 0 Å². The van der Waals surface area contributed by atoms with E-state index < -0.39 is 18.5 Å². The van der Waals surface area contributed by atoms with Crippen LogP contribution >= 0.6 is 15.9 Å². The zero-order valence-electron chi connectivity index (χ0n) is 19.3. The second-order valence-electron chi connectivity index (χ2n) is 6.10. The van der Waals surface area contributed by atoms with Gasteiger partial charge in [0.05, 0.1) is 13.2 Å². The number of carbonyl (C=O) groups is 5. The molecule has 0 fully saturated rings. The molecular weight excluding hydrogens is 528 g/mol. The summed E-state index contributed by atoms with van der Waals surface area (Å²) in [7, 11) is 0. The first-order valence-electron chi connectivity index (χ1n) is 10.2. The molecule has 35 heavy (non-hydrogen) atoms. The first-order chi connectivity index (χ1) is 16.8. The van der Waals surface area contributed by atoms with E-state index in [1.165, 1.54) is 6.07 Å². The molecule has 0 heterocycles. The minimum absolute atomic E-state index is 0.143. The Bertz CT molecular complexity index is 945. The summed E-state index contributed by atoms with van der Waals surface area (Å²) in [5.41, 5.74) is 0.972. The van der Waals surface area contributed by atoms with Crippen LogP contribution in [0.4, 0.5) is 0 Å². The Kier molecular flexibility index (Phi) is 17.6. The Balaban J connectivity index is 0.000000529. The summed E-state index contributed by atoms with van der Waals surface area (Å²) in [6, 6.07) is 12.9. The van der Waals surface area contributed by atoms with Crippen molar-refractivity contribution >= 4 is 46.4 Å². The van der Waals surface area contributed by atoms with Gasteiger partial charge in [-0.3, -0.25) is 14.4 Å². The molecule has 10 nitrogen and oxygen atoms in total. The smallest absolute Gasteiger partial charge is 0.344 e. The number of aldehydes is 2. The largest absolute Gasteiger partial charge is 0.482 e. The monoisotopic (exact) mass is 554 g/mol. The lowest BCUT2D eigenvalue weighted by molar-refractivity contribution is -0.145. The molecule has 0 spiro atoms. The predicted octanol–water partition coefficient (Wildman–Crippen LogP) is 3.35. The topological polar surface area (TPSA) is 142 Å². The second kappa shape index (κ2) is 19.7. The Labute approximate surface area is 211 Å². The maximum absolute atomic E-state index is 11.0. The van der Waals surface area contributed by atoms with Gasteiger partial charge >= 0.3 is 17.9 Å². The predicted molar refractivity (Wildman–Crippen MR) is 129 cm³/mol. The van der Waals surface area contributed by atoms with E-state index >= 15 is 0 Å². The highest BCUT2D eigenvalue weighted by Gasteiger charge is 2.03. The number of carboxylic acid groups (broad SMARTS) is 1. The zero-order chi connectivity index (χ0) is 26.5. The van der Waals surface area contributed by atoms with E-state index in [0.717, 1.165) is 6.29 Å². The number of hydrogen-bond donors (Lipinski definition) is 1. The molecule has 0 amide bonds. The fourth-order valence-corrected chi connectivity index (χ4v) is 2.21. The molecule has 0 aliphatic rings. The minimum Gasteiger partial charge on any atom is -0.482 e. The Hall–Kier alpha value is -3.73. The maximum atomic E-state index is 11.0. The van der Waals surface area contributed by atoms with Gasteiger partial charge in [0.15, 0.2) is 13.2 Å². The van der Waals surface area contributed by atoms with Gasteiger partial charge in [-0.25, -0.2) is 9.59 Å². The third-order valence-corrected chi connectivity index (χ3v) is 3.88. The van der Waals surface area contributed by atoms with Gasteiger partial charge in [0.1, 0.15) is 29.4 Å². The van der Waals surface area contributed by atoms with Crippen LogP contribution in [0.2, 0.25) is 0 Å². The van der Waals surface area contributed by atoms with Gasteiger partial charge in [0.25, 0.3) is 0 Å². The molecule has 0 aromatic heterocycles. The highest BCUT2D eigenvalue weighted by Crippen LogP contribution is 2.12. The average Bonchev–Trinajstić information content (AvgIpc) is 2.87. The first kappa shape index (κ1) is 31.3. The molecular formula is C24H27BrO10. The molecule has 190 valence electrons. The summed E-state index contributed by atoms with van der Waals surface area (Å²) >= 11 is 2.94. The summed E-state index contributed by atoms with van der Waals surface area (Å²) in [6.07, 6.45) is 1.39. The highest BCUT2D eigenvalue weighted by atomic mass is 79.9. The number of benzene rings is 2. The lowest BCUT2D eigenvalue weighted by atomic mass is 10.2. The molecule has 0 saturated carbocycles. The van der Waals surface area contributed by atoms with Crippen LogP contribution in [0.5, 0.6) is 11.5 Å². The summed E-state index contributed by atoms with van der Waals surface area (Å²) in [5.74, 6) is -0.812. The number of carbonyl (C=O) groups excluding carboxylic acids is 4. The second-order valence-corrected chi connectivity index (χ2v) is 6.66. The van der Waals surface area contributed by atoms with E-state index in [2.05, 4.69) is 25.4 Å². The van der Waals surface area contributed by atoms with Gasteiger partial charge in [0, 0.05) is 11.1 Å². The molecule has 0 aliphatic carbocycles. The molecule has 0 saturated heterocycles. The molecule has 0 atom stereocenters. The molecule has 1 N–H and O–H groups in total. The number of rotatable bonds is 11. The van der Waals surface area contributed by atoms with Crippen LogP contribution in [0.15, 0.2) is 48.5 Å². The molecule has 2 aromatic carbocycles. The zero-order valence-corrected chi connectivity index (χ0v) is 20.9. The number of hydrogen-bond acceptors (Lipinski definition) is 9. The van der Waals surface area contributed by atoms with Crippen molar-refractivity contribution in [1.29, 1.82) is 0 Å². The van der Waals surface area contributed by atoms with Crippen molar-refractivity contribution in [3.05, 3.63) is 59.7 Å². The number of ether oxygens (including phenoxy) is 4. The Morgan fingerprint density at radius 3 is 1.63 bits per heavy atom. The summed E-state index contributed by atoms with van der Waals surface area (Å²) < 4.78 is 19.2. The number of aliphatic carboxylic acids is 1. The van der Waals surface area contributed by atoms with Crippen LogP contribution < -0.4 is 9.47 Å². The number of alkyl halides is 1. The van der Waals surface area contributed by atoms with Crippen LogP contribution in [-0.4, -0.2) is 67.3 Å².